The van der Waals surface area contributed by atoms with Crippen LogP contribution >= 0.6 is 0 Å². The van der Waals surface area contributed by atoms with Gasteiger partial charge in [0.05, 0.1) is 11.3 Å². The molecule has 7 heteroatoms. The van der Waals surface area contributed by atoms with Crippen LogP contribution in [0.2, 0.25) is 0 Å². The highest BCUT2D eigenvalue weighted by molar-refractivity contribution is 5.97. The summed E-state index contributed by atoms with van der Waals surface area (Å²) in [6.07, 6.45) is 11.8. The van der Waals surface area contributed by atoms with Crippen LogP contribution in [-0.2, 0) is 0 Å². The first-order valence-electron chi connectivity index (χ1n) is 16.0. The molecule has 0 saturated heterocycles. The maximum atomic E-state index is 12.8. The summed E-state index contributed by atoms with van der Waals surface area (Å²) in [5, 5.41) is 15.8. The summed E-state index contributed by atoms with van der Waals surface area (Å²) in [6.45, 7) is 0. The van der Waals surface area contributed by atoms with Crippen molar-refractivity contribution in [2.45, 2.75) is 31.7 Å². The average Bonchev–Trinajstić information content (AvgIpc) is 3.91. The quantitative estimate of drug-likeness (QED) is 0.167. The number of aromatic nitrogens is 3. The summed E-state index contributed by atoms with van der Waals surface area (Å²) < 4.78 is 0. The van der Waals surface area contributed by atoms with Gasteiger partial charge in [0.15, 0.2) is 0 Å². The van der Waals surface area contributed by atoms with Gasteiger partial charge < -0.3 is 20.2 Å². The van der Waals surface area contributed by atoms with E-state index in [1.807, 2.05) is 48.9 Å². The number of hydrogen-bond donors (Lipinski definition) is 3. The van der Waals surface area contributed by atoms with E-state index >= 15 is 0 Å². The number of nitrogens with one attached hydrogen (secondary N) is 3. The summed E-state index contributed by atoms with van der Waals surface area (Å²) in [5.74, 6) is -0.0167. The Morgan fingerprint density at radius 2 is 1.43 bits per heavy atom. The summed E-state index contributed by atoms with van der Waals surface area (Å²) in [4.78, 5) is 26.1. The van der Waals surface area contributed by atoms with Gasteiger partial charge in [0, 0.05) is 75.1 Å². The number of rotatable bonds is 7. The Morgan fingerprint density at radius 3 is 2.09 bits per heavy atom. The van der Waals surface area contributed by atoms with Crippen molar-refractivity contribution in [3.8, 4) is 28.3 Å². The second kappa shape index (κ2) is 12.0. The Hall–Kier alpha value is -6.13. The molecule has 1 fully saturated rings. The summed E-state index contributed by atoms with van der Waals surface area (Å²) in [5.41, 5.74) is 9.60. The van der Waals surface area contributed by atoms with Gasteiger partial charge in [-0.25, -0.2) is 0 Å². The molecule has 47 heavy (non-hydrogen) atoms. The molecule has 1 aliphatic rings. The number of H-pyrrole nitrogens is 2. The number of nitrogens with zero attached hydrogens (tertiary/aromatic N) is 3. The minimum atomic E-state index is -0.0167. The van der Waals surface area contributed by atoms with Crippen molar-refractivity contribution in [3.05, 3.63) is 133 Å². The number of carbonyl (C=O) groups excluding carboxylic acids is 1. The molecule has 228 valence electrons. The van der Waals surface area contributed by atoms with Crippen LogP contribution in [-0.4, -0.2) is 26.9 Å². The van der Waals surface area contributed by atoms with Crippen LogP contribution in [0.4, 0.5) is 17.1 Å². The SMILES string of the molecule is N#Cc1cncc(-c2cccc(-c3ccc(C(=O)NC4CCCC4)cc3)c2)c1N(c1ccc2[nH]ccc2c1)c1ccc2[nH]ccc2c1. The molecule has 7 aromatic rings. The third-order valence-electron chi connectivity index (χ3n) is 9.20. The second-order valence-corrected chi connectivity index (χ2v) is 12.1. The van der Waals surface area contributed by atoms with Crippen molar-refractivity contribution >= 4 is 44.8 Å². The Morgan fingerprint density at radius 1 is 0.766 bits per heavy atom. The van der Waals surface area contributed by atoms with Gasteiger partial charge in [-0.1, -0.05) is 43.2 Å². The van der Waals surface area contributed by atoms with Gasteiger partial charge in [0.1, 0.15) is 6.07 Å². The maximum absolute atomic E-state index is 12.8. The number of fused-ring (bicyclic) bond motifs is 2. The fraction of sp³-hybridized carbons (Fsp3) is 0.125. The number of pyridine rings is 1. The fourth-order valence-corrected chi connectivity index (χ4v) is 6.77. The van der Waals surface area contributed by atoms with Gasteiger partial charge in [-0.2, -0.15) is 5.26 Å². The normalized spacial score (nSPS) is 13.2. The predicted molar refractivity (Wildman–Crippen MR) is 188 cm³/mol. The van der Waals surface area contributed by atoms with E-state index in [1.165, 1.54) is 12.8 Å². The number of carbonyl (C=O) groups is 1. The summed E-state index contributed by atoms with van der Waals surface area (Å²) in [6, 6.07) is 35.4. The molecule has 0 bridgehead atoms. The first kappa shape index (κ1) is 28.4. The molecule has 4 aromatic carbocycles. The number of nitriles is 1. The molecule has 1 saturated carbocycles. The highest BCUT2D eigenvalue weighted by atomic mass is 16.1. The van der Waals surface area contributed by atoms with E-state index in [0.29, 0.717) is 11.1 Å². The standard InChI is InChI=1S/C40H32N6O/c41-23-32-24-42-25-36(29-5-3-4-28(20-29)26-8-10-27(11-9-26)40(47)45-33-6-1-2-7-33)39(32)46(34-12-14-37-30(21-34)16-18-43-37)35-13-15-38-31(22-35)17-19-44-38/h3-5,8-22,24-25,33,43-44H,1-2,6-7H2,(H,45,47). The zero-order valence-electron chi connectivity index (χ0n) is 25.7. The Bertz CT molecular complexity index is 2210. The van der Waals surface area contributed by atoms with Crippen molar-refractivity contribution in [3.63, 3.8) is 0 Å². The van der Waals surface area contributed by atoms with E-state index in [1.54, 1.807) is 6.20 Å². The fourth-order valence-electron chi connectivity index (χ4n) is 6.77. The Balaban J connectivity index is 1.22. The van der Waals surface area contributed by atoms with Gasteiger partial charge in [-0.3, -0.25) is 9.78 Å². The molecule has 0 radical (unpaired) electrons. The number of hydrogen-bond acceptors (Lipinski definition) is 4. The number of benzene rings is 4. The minimum Gasteiger partial charge on any atom is -0.361 e. The van der Waals surface area contributed by atoms with Gasteiger partial charge >= 0.3 is 0 Å². The Kier molecular flexibility index (Phi) is 7.23. The van der Waals surface area contributed by atoms with E-state index in [0.717, 1.165) is 74.0 Å². The Labute approximate surface area is 272 Å². The molecule has 0 atom stereocenters. The van der Waals surface area contributed by atoms with E-state index in [4.69, 9.17) is 0 Å². The van der Waals surface area contributed by atoms with Crippen molar-refractivity contribution < 1.29 is 4.79 Å². The average molecular weight is 613 g/mol. The summed E-state index contributed by atoms with van der Waals surface area (Å²) >= 11 is 0. The summed E-state index contributed by atoms with van der Waals surface area (Å²) in [7, 11) is 0. The zero-order valence-corrected chi connectivity index (χ0v) is 25.7. The van der Waals surface area contributed by atoms with E-state index in [2.05, 4.69) is 98.0 Å². The molecular weight excluding hydrogens is 580 g/mol. The van der Waals surface area contributed by atoms with E-state index < -0.39 is 0 Å². The van der Waals surface area contributed by atoms with Gasteiger partial charge in [0.2, 0.25) is 0 Å². The van der Waals surface area contributed by atoms with Gasteiger partial charge in [0.25, 0.3) is 5.91 Å². The first-order valence-corrected chi connectivity index (χ1v) is 16.0. The third kappa shape index (κ3) is 5.40. The van der Waals surface area contributed by atoms with Crippen molar-refractivity contribution in [2.75, 3.05) is 4.90 Å². The van der Waals surface area contributed by atoms with Crippen LogP contribution in [0, 0.1) is 11.3 Å². The van der Waals surface area contributed by atoms with Crippen LogP contribution in [0.3, 0.4) is 0 Å². The molecule has 3 heterocycles. The lowest BCUT2D eigenvalue weighted by atomic mass is 9.96. The van der Waals surface area contributed by atoms with Crippen molar-refractivity contribution in [1.29, 1.82) is 5.26 Å². The van der Waals surface area contributed by atoms with Crippen LogP contribution in [0.5, 0.6) is 0 Å². The lowest BCUT2D eigenvalue weighted by Gasteiger charge is -2.28. The molecule has 0 aliphatic heterocycles. The number of anilines is 3. The largest absolute Gasteiger partial charge is 0.361 e. The van der Waals surface area contributed by atoms with Gasteiger partial charge in [-0.15, -0.1) is 0 Å². The predicted octanol–water partition coefficient (Wildman–Crippen LogP) is 9.39. The molecule has 7 nitrogen and oxygen atoms in total. The smallest absolute Gasteiger partial charge is 0.251 e. The highest BCUT2D eigenvalue weighted by Crippen LogP contribution is 2.44. The first-order chi connectivity index (χ1) is 23.1. The van der Waals surface area contributed by atoms with E-state index in [-0.39, 0.29) is 11.9 Å². The maximum Gasteiger partial charge on any atom is 0.251 e. The molecule has 0 spiro atoms. The molecule has 1 amide bonds. The van der Waals surface area contributed by atoms with E-state index in [9.17, 15) is 10.1 Å². The molecule has 3 aromatic heterocycles. The topological polar surface area (TPSA) is 101 Å². The van der Waals surface area contributed by atoms with Crippen molar-refractivity contribution in [2.24, 2.45) is 0 Å². The number of amides is 1. The molecule has 0 unspecified atom stereocenters. The van der Waals surface area contributed by atoms with Crippen LogP contribution < -0.4 is 10.2 Å². The zero-order chi connectivity index (χ0) is 31.7. The van der Waals surface area contributed by atoms with Gasteiger partial charge in [-0.05, 0) is 96.3 Å². The highest BCUT2D eigenvalue weighted by Gasteiger charge is 2.23. The number of aromatic amines is 2. The molecule has 8 rings (SSSR count). The van der Waals surface area contributed by atoms with Crippen LogP contribution in [0.25, 0.3) is 44.1 Å². The van der Waals surface area contributed by atoms with Crippen LogP contribution in [0.15, 0.2) is 122 Å². The lowest BCUT2D eigenvalue weighted by molar-refractivity contribution is 0.0938. The minimum absolute atomic E-state index is 0.0167. The lowest BCUT2D eigenvalue weighted by Crippen LogP contribution is -2.32. The molecular formula is C40H32N6O. The monoisotopic (exact) mass is 612 g/mol. The molecule has 3 N–H and O–H groups in total. The molecule has 1 aliphatic carbocycles. The second-order valence-electron chi connectivity index (χ2n) is 12.1. The van der Waals surface area contributed by atoms with Crippen LogP contribution in [0.1, 0.15) is 41.6 Å². The third-order valence-corrected chi connectivity index (χ3v) is 9.20. The van der Waals surface area contributed by atoms with Crippen molar-refractivity contribution in [1.82, 2.24) is 20.3 Å².